The quantitative estimate of drug-likeness (QED) is 0.814. The van der Waals surface area contributed by atoms with Gasteiger partial charge in [0.25, 0.3) is 5.91 Å². The number of carbonyl (C=O) groups excluding carboxylic acids is 1. The SMILES string of the molecule is CO[C@H]1CCC[C@@H]1NC(=O)c1ccc(SCc2cccnc2)cc1. The van der Waals surface area contributed by atoms with Crippen molar-refractivity contribution in [1.29, 1.82) is 0 Å². The number of hydrogen-bond acceptors (Lipinski definition) is 4. The van der Waals surface area contributed by atoms with Crippen molar-refractivity contribution in [2.75, 3.05) is 7.11 Å². The van der Waals surface area contributed by atoms with Crippen LogP contribution in [0.25, 0.3) is 0 Å². The summed E-state index contributed by atoms with van der Waals surface area (Å²) >= 11 is 1.74. The van der Waals surface area contributed by atoms with Crippen molar-refractivity contribution < 1.29 is 9.53 Å². The molecule has 0 spiro atoms. The maximum absolute atomic E-state index is 12.4. The van der Waals surface area contributed by atoms with Crippen LogP contribution in [0.15, 0.2) is 53.7 Å². The van der Waals surface area contributed by atoms with Crippen molar-refractivity contribution in [2.24, 2.45) is 0 Å². The average molecular weight is 342 g/mol. The van der Waals surface area contributed by atoms with E-state index in [9.17, 15) is 4.79 Å². The van der Waals surface area contributed by atoms with E-state index in [1.807, 2.05) is 36.5 Å². The second-order valence-corrected chi connectivity index (χ2v) is 7.01. The van der Waals surface area contributed by atoms with E-state index in [1.54, 1.807) is 25.1 Å². The molecular formula is C19H22N2O2S. The Kier molecular flexibility index (Phi) is 5.88. The van der Waals surface area contributed by atoms with Crippen LogP contribution < -0.4 is 5.32 Å². The highest BCUT2D eigenvalue weighted by Crippen LogP contribution is 2.24. The van der Waals surface area contributed by atoms with Gasteiger partial charge in [-0.3, -0.25) is 9.78 Å². The van der Waals surface area contributed by atoms with Crippen LogP contribution in [0.4, 0.5) is 0 Å². The minimum absolute atomic E-state index is 0.0206. The Labute approximate surface area is 147 Å². The molecule has 0 saturated heterocycles. The number of amides is 1. The zero-order chi connectivity index (χ0) is 16.8. The third-order valence-corrected chi connectivity index (χ3v) is 5.40. The molecule has 0 unspecified atom stereocenters. The summed E-state index contributed by atoms with van der Waals surface area (Å²) in [6.07, 6.45) is 6.91. The first-order valence-corrected chi connectivity index (χ1v) is 9.20. The largest absolute Gasteiger partial charge is 0.379 e. The van der Waals surface area contributed by atoms with E-state index >= 15 is 0 Å². The van der Waals surface area contributed by atoms with Gasteiger partial charge in [0.15, 0.2) is 0 Å². The van der Waals surface area contributed by atoms with Gasteiger partial charge in [-0.05, 0) is 55.2 Å². The maximum atomic E-state index is 12.4. The number of thioether (sulfide) groups is 1. The first kappa shape index (κ1) is 17.0. The van der Waals surface area contributed by atoms with E-state index < -0.39 is 0 Å². The average Bonchev–Trinajstić information content (AvgIpc) is 3.08. The fraction of sp³-hybridized carbons (Fsp3) is 0.368. The number of methoxy groups -OCH3 is 1. The molecule has 4 nitrogen and oxygen atoms in total. The molecule has 126 valence electrons. The number of benzene rings is 1. The lowest BCUT2D eigenvalue weighted by Gasteiger charge is -2.19. The van der Waals surface area contributed by atoms with E-state index in [1.165, 1.54) is 5.56 Å². The zero-order valence-corrected chi connectivity index (χ0v) is 14.6. The van der Waals surface area contributed by atoms with Gasteiger partial charge < -0.3 is 10.1 Å². The van der Waals surface area contributed by atoms with Gasteiger partial charge in [-0.25, -0.2) is 0 Å². The van der Waals surface area contributed by atoms with Gasteiger partial charge in [0, 0.05) is 35.7 Å². The molecule has 1 heterocycles. The van der Waals surface area contributed by atoms with E-state index in [2.05, 4.69) is 16.4 Å². The molecular weight excluding hydrogens is 320 g/mol. The van der Waals surface area contributed by atoms with Gasteiger partial charge >= 0.3 is 0 Å². The topological polar surface area (TPSA) is 51.2 Å². The van der Waals surface area contributed by atoms with Crippen LogP contribution >= 0.6 is 11.8 Å². The van der Waals surface area contributed by atoms with Crippen LogP contribution in [0.1, 0.15) is 35.2 Å². The standard InChI is InChI=1S/C19H22N2O2S/c1-23-18-6-2-5-17(18)21-19(22)15-7-9-16(10-8-15)24-13-14-4-3-11-20-12-14/h3-4,7-12,17-18H,2,5-6,13H2,1H3,(H,21,22)/t17-,18-/m0/s1. The highest BCUT2D eigenvalue weighted by molar-refractivity contribution is 7.98. The first-order chi connectivity index (χ1) is 11.8. The van der Waals surface area contributed by atoms with Gasteiger partial charge in [-0.2, -0.15) is 0 Å². The Morgan fingerprint density at radius 3 is 2.83 bits per heavy atom. The number of aromatic nitrogens is 1. The molecule has 1 N–H and O–H groups in total. The van der Waals surface area contributed by atoms with Crippen molar-refractivity contribution in [3.05, 3.63) is 59.9 Å². The van der Waals surface area contributed by atoms with E-state index in [0.29, 0.717) is 5.56 Å². The Bertz CT molecular complexity index is 661. The lowest BCUT2D eigenvalue weighted by molar-refractivity contribution is 0.0722. The van der Waals surface area contributed by atoms with Crippen LogP contribution in [0.5, 0.6) is 0 Å². The van der Waals surface area contributed by atoms with E-state index in [4.69, 9.17) is 4.74 Å². The number of carbonyl (C=O) groups is 1. The van der Waals surface area contributed by atoms with Crippen molar-refractivity contribution in [3.8, 4) is 0 Å². The Morgan fingerprint density at radius 1 is 1.29 bits per heavy atom. The molecule has 1 aromatic heterocycles. The molecule has 24 heavy (non-hydrogen) atoms. The molecule has 1 fully saturated rings. The maximum Gasteiger partial charge on any atom is 0.251 e. The highest BCUT2D eigenvalue weighted by atomic mass is 32.2. The Hall–Kier alpha value is -1.85. The minimum atomic E-state index is -0.0206. The van der Waals surface area contributed by atoms with Crippen molar-refractivity contribution in [2.45, 2.75) is 42.1 Å². The molecule has 0 radical (unpaired) electrons. The summed E-state index contributed by atoms with van der Waals surface area (Å²) in [5.41, 5.74) is 1.89. The fourth-order valence-electron chi connectivity index (χ4n) is 2.98. The number of ether oxygens (including phenoxy) is 1. The lowest BCUT2D eigenvalue weighted by Crippen LogP contribution is -2.40. The lowest BCUT2D eigenvalue weighted by atomic mass is 10.1. The molecule has 1 aromatic carbocycles. The Morgan fingerprint density at radius 2 is 2.12 bits per heavy atom. The van der Waals surface area contributed by atoms with Crippen molar-refractivity contribution in [3.63, 3.8) is 0 Å². The minimum Gasteiger partial charge on any atom is -0.379 e. The molecule has 0 bridgehead atoms. The molecule has 2 atom stereocenters. The summed E-state index contributed by atoms with van der Waals surface area (Å²) in [6, 6.07) is 11.9. The van der Waals surface area contributed by atoms with Crippen LogP contribution in [-0.2, 0) is 10.5 Å². The number of pyridine rings is 1. The monoisotopic (exact) mass is 342 g/mol. The molecule has 3 rings (SSSR count). The molecule has 1 amide bonds. The number of rotatable bonds is 6. The summed E-state index contributed by atoms with van der Waals surface area (Å²) in [5.74, 6) is 0.851. The summed E-state index contributed by atoms with van der Waals surface area (Å²) in [6.45, 7) is 0. The van der Waals surface area contributed by atoms with Crippen molar-refractivity contribution >= 4 is 17.7 Å². The summed E-state index contributed by atoms with van der Waals surface area (Å²) < 4.78 is 5.43. The summed E-state index contributed by atoms with van der Waals surface area (Å²) in [5, 5.41) is 3.09. The molecule has 0 aliphatic heterocycles. The fourth-order valence-corrected chi connectivity index (χ4v) is 3.81. The normalized spacial score (nSPS) is 20.0. The van der Waals surface area contributed by atoms with Crippen LogP contribution in [0.3, 0.4) is 0 Å². The van der Waals surface area contributed by atoms with Gasteiger partial charge in [-0.1, -0.05) is 6.07 Å². The van der Waals surface area contributed by atoms with Crippen LogP contribution in [0, 0.1) is 0 Å². The smallest absolute Gasteiger partial charge is 0.251 e. The number of hydrogen-bond donors (Lipinski definition) is 1. The number of nitrogens with one attached hydrogen (secondary N) is 1. The second-order valence-electron chi connectivity index (χ2n) is 5.96. The van der Waals surface area contributed by atoms with Gasteiger partial charge in [0.05, 0.1) is 12.1 Å². The molecule has 1 saturated carbocycles. The van der Waals surface area contributed by atoms with E-state index in [-0.39, 0.29) is 18.1 Å². The second kappa shape index (κ2) is 8.31. The Balaban J connectivity index is 1.54. The molecule has 2 aromatic rings. The third kappa shape index (κ3) is 4.36. The zero-order valence-electron chi connectivity index (χ0n) is 13.8. The third-order valence-electron chi connectivity index (χ3n) is 4.32. The first-order valence-electron chi connectivity index (χ1n) is 8.21. The molecule has 1 aliphatic carbocycles. The summed E-state index contributed by atoms with van der Waals surface area (Å²) in [4.78, 5) is 17.6. The molecule has 1 aliphatic rings. The summed E-state index contributed by atoms with van der Waals surface area (Å²) in [7, 11) is 1.71. The van der Waals surface area contributed by atoms with Crippen molar-refractivity contribution in [1.82, 2.24) is 10.3 Å². The predicted octanol–water partition coefficient (Wildman–Crippen LogP) is 3.67. The predicted molar refractivity (Wildman–Crippen MR) is 96.1 cm³/mol. The molecule has 5 heteroatoms. The van der Waals surface area contributed by atoms with E-state index in [0.717, 1.165) is 29.9 Å². The van der Waals surface area contributed by atoms with Crippen LogP contribution in [-0.4, -0.2) is 30.1 Å². The number of nitrogens with zero attached hydrogens (tertiary/aromatic N) is 1. The van der Waals surface area contributed by atoms with Crippen LogP contribution in [0.2, 0.25) is 0 Å². The van der Waals surface area contributed by atoms with Gasteiger partial charge in [0.2, 0.25) is 0 Å². The van der Waals surface area contributed by atoms with Gasteiger partial charge in [0.1, 0.15) is 0 Å². The highest BCUT2D eigenvalue weighted by Gasteiger charge is 2.28. The van der Waals surface area contributed by atoms with Gasteiger partial charge in [-0.15, -0.1) is 11.8 Å².